The highest BCUT2D eigenvalue weighted by atomic mass is 16.5. The largest absolute Gasteiger partial charge is 0.496 e. The SMILES string of the molecule is COc1cc(C)c(CN2CCCNCC2)cc1C(C)C. The molecule has 1 aliphatic heterocycles. The van der Waals surface area contributed by atoms with E-state index in [9.17, 15) is 0 Å². The Labute approximate surface area is 123 Å². The minimum absolute atomic E-state index is 0.495. The molecular formula is C17H28N2O. The zero-order valence-corrected chi connectivity index (χ0v) is 13.3. The van der Waals surface area contributed by atoms with E-state index in [0.29, 0.717) is 5.92 Å². The van der Waals surface area contributed by atoms with Crippen LogP contribution in [0.5, 0.6) is 5.75 Å². The number of hydrogen-bond acceptors (Lipinski definition) is 3. The van der Waals surface area contributed by atoms with Crippen LogP contribution in [0.2, 0.25) is 0 Å². The molecule has 1 aromatic rings. The van der Waals surface area contributed by atoms with Crippen LogP contribution < -0.4 is 10.1 Å². The number of hydrogen-bond donors (Lipinski definition) is 1. The van der Waals surface area contributed by atoms with Gasteiger partial charge < -0.3 is 10.1 Å². The lowest BCUT2D eigenvalue weighted by Gasteiger charge is -2.22. The van der Waals surface area contributed by atoms with Gasteiger partial charge in [-0.05, 0) is 55.1 Å². The molecule has 0 bridgehead atoms. The summed E-state index contributed by atoms with van der Waals surface area (Å²) < 4.78 is 5.53. The zero-order valence-electron chi connectivity index (χ0n) is 13.3. The molecule has 0 radical (unpaired) electrons. The molecule has 1 heterocycles. The maximum Gasteiger partial charge on any atom is 0.122 e. The third-order valence-corrected chi connectivity index (χ3v) is 4.14. The molecule has 0 saturated carbocycles. The van der Waals surface area contributed by atoms with Gasteiger partial charge in [0.2, 0.25) is 0 Å². The zero-order chi connectivity index (χ0) is 14.5. The molecule has 0 spiro atoms. The van der Waals surface area contributed by atoms with Crippen molar-refractivity contribution in [1.29, 1.82) is 0 Å². The van der Waals surface area contributed by atoms with Crippen LogP contribution in [0, 0.1) is 6.92 Å². The van der Waals surface area contributed by atoms with Gasteiger partial charge in [0.25, 0.3) is 0 Å². The summed E-state index contributed by atoms with van der Waals surface area (Å²) in [5.41, 5.74) is 4.10. The van der Waals surface area contributed by atoms with Crippen molar-refractivity contribution < 1.29 is 4.74 Å². The molecule has 112 valence electrons. The Morgan fingerprint density at radius 2 is 2.05 bits per heavy atom. The van der Waals surface area contributed by atoms with Gasteiger partial charge in [-0.2, -0.15) is 0 Å². The average Bonchev–Trinajstić information content (AvgIpc) is 2.69. The maximum absolute atomic E-state index is 5.53. The minimum atomic E-state index is 0.495. The standard InChI is InChI=1S/C17H28N2O/c1-13(2)16-11-15(14(3)10-17(16)20-4)12-19-8-5-6-18-7-9-19/h10-11,13,18H,5-9,12H2,1-4H3. The van der Waals surface area contributed by atoms with Gasteiger partial charge >= 0.3 is 0 Å². The monoisotopic (exact) mass is 276 g/mol. The van der Waals surface area contributed by atoms with E-state index in [4.69, 9.17) is 4.74 Å². The number of aryl methyl sites for hydroxylation is 1. The molecule has 1 aromatic carbocycles. The molecule has 0 atom stereocenters. The lowest BCUT2D eigenvalue weighted by Crippen LogP contribution is -2.28. The van der Waals surface area contributed by atoms with Crippen molar-refractivity contribution in [1.82, 2.24) is 10.2 Å². The summed E-state index contributed by atoms with van der Waals surface area (Å²) in [5.74, 6) is 1.52. The number of rotatable bonds is 4. The molecular weight excluding hydrogens is 248 g/mol. The number of methoxy groups -OCH3 is 1. The minimum Gasteiger partial charge on any atom is -0.496 e. The van der Waals surface area contributed by atoms with Crippen molar-refractivity contribution in [2.75, 3.05) is 33.3 Å². The summed E-state index contributed by atoms with van der Waals surface area (Å²) in [7, 11) is 1.76. The smallest absolute Gasteiger partial charge is 0.122 e. The quantitative estimate of drug-likeness (QED) is 0.915. The fourth-order valence-corrected chi connectivity index (χ4v) is 2.84. The van der Waals surface area contributed by atoms with E-state index < -0.39 is 0 Å². The maximum atomic E-state index is 5.53. The van der Waals surface area contributed by atoms with E-state index in [1.807, 2.05) is 0 Å². The first-order chi connectivity index (χ1) is 9.61. The molecule has 1 N–H and O–H groups in total. The number of benzene rings is 1. The fourth-order valence-electron chi connectivity index (χ4n) is 2.84. The second-order valence-corrected chi connectivity index (χ2v) is 6.06. The van der Waals surface area contributed by atoms with Gasteiger partial charge in [0.05, 0.1) is 7.11 Å². The Balaban J connectivity index is 2.19. The van der Waals surface area contributed by atoms with Crippen molar-refractivity contribution in [2.45, 2.75) is 39.7 Å². The predicted octanol–water partition coefficient (Wildman–Crippen LogP) is 2.92. The van der Waals surface area contributed by atoms with Crippen LogP contribution >= 0.6 is 0 Å². The molecule has 0 amide bonds. The highest BCUT2D eigenvalue weighted by Crippen LogP contribution is 2.30. The normalized spacial score (nSPS) is 17.2. The average molecular weight is 276 g/mol. The summed E-state index contributed by atoms with van der Waals surface area (Å²) in [6, 6.07) is 4.54. The third kappa shape index (κ3) is 3.74. The van der Waals surface area contributed by atoms with Crippen molar-refractivity contribution in [3.63, 3.8) is 0 Å². The van der Waals surface area contributed by atoms with E-state index in [-0.39, 0.29) is 0 Å². The Morgan fingerprint density at radius 3 is 2.75 bits per heavy atom. The van der Waals surface area contributed by atoms with Crippen molar-refractivity contribution in [3.8, 4) is 5.75 Å². The highest BCUT2D eigenvalue weighted by molar-refractivity contribution is 5.43. The summed E-state index contributed by atoms with van der Waals surface area (Å²) in [6.07, 6.45) is 1.24. The van der Waals surface area contributed by atoms with Gasteiger partial charge in [-0.1, -0.05) is 19.9 Å². The van der Waals surface area contributed by atoms with Crippen molar-refractivity contribution >= 4 is 0 Å². The Kier molecular flexibility index (Phi) is 5.44. The summed E-state index contributed by atoms with van der Waals surface area (Å²) in [5, 5.41) is 3.46. The predicted molar refractivity (Wildman–Crippen MR) is 84.6 cm³/mol. The third-order valence-electron chi connectivity index (χ3n) is 4.14. The van der Waals surface area contributed by atoms with E-state index in [1.165, 1.54) is 29.7 Å². The summed E-state index contributed by atoms with van der Waals surface area (Å²) in [6.45, 7) is 12.3. The van der Waals surface area contributed by atoms with Crippen LogP contribution in [0.1, 0.15) is 42.9 Å². The molecule has 1 saturated heterocycles. The van der Waals surface area contributed by atoms with E-state index >= 15 is 0 Å². The van der Waals surface area contributed by atoms with Crippen LogP contribution in [-0.2, 0) is 6.54 Å². The highest BCUT2D eigenvalue weighted by Gasteiger charge is 2.14. The van der Waals surface area contributed by atoms with Gasteiger partial charge in [-0.3, -0.25) is 4.90 Å². The molecule has 0 aromatic heterocycles. The van der Waals surface area contributed by atoms with E-state index in [0.717, 1.165) is 31.9 Å². The van der Waals surface area contributed by atoms with Crippen molar-refractivity contribution in [3.05, 3.63) is 28.8 Å². The van der Waals surface area contributed by atoms with Crippen LogP contribution in [0.25, 0.3) is 0 Å². The van der Waals surface area contributed by atoms with Crippen LogP contribution in [0.15, 0.2) is 12.1 Å². The lowest BCUT2D eigenvalue weighted by atomic mass is 9.96. The molecule has 20 heavy (non-hydrogen) atoms. The molecule has 0 unspecified atom stereocenters. The fraction of sp³-hybridized carbons (Fsp3) is 0.647. The Hall–Kier alpha value is -1.06. The summed E-state index contributed by atoms with van der Waals surface area (Å²) in [4.78, 5) is 2.55. The first-order valence-electron chi connectivity index (χ1n) is 7.72. The van der Waals surface area contributed by atoms with Gasteiger partial charge in [-0.25, -0.2) is 0 Å². The Bertz CT molecular complexity index is 435. The van der Waals surface area contributed by atoms with Gasteiger partial charge in [0.1, 0.15) is 5.75 Å². The van der Waals surface area contributed by atoms with Gasteiger partial charge in [-0.15, -0.1) is 0 Å². The lowest BCUT2D eigenvalue weighted by molar-refractivity contribution is 0.283. The van der Waals surface area contributed by atoms with E-state index in [1.54, 1.807) is 7.11 Å². The van der Waals surface area contributed by atoms with Gasteiger partial charge in [0.15, 0.2) is 0 Å². The molecule has 0 aliphatic carbocycles. The second kappa shape index (κ2) is 7.09. The molecule has 2 rings (SSSR count). The molecule has 3 nitrogen and oxygen atoms in total. The second-order valence-electron chi connectivity index (χ2n) is 6.06. The first kappa shape index (κ1) is 15.3. The van der Waals surface area contributed by atoms with Crippen molar-refractivity contribution in [2.24, 2.45) is 0 Å². The van der Waals surface area contributed by atoms with Crippen LogP contribution in [0.4, 0.5) is 0 Å². The van der Waals surface area contributed by atoms with Crippen LogP contribution in [-0.4, -0.2) is 38.2 Å². The number of ether oxygens (including phenoxy) is 1. The first-order valence-corrected chi connectivity index (χ1v) is 7.72. The molecule has 3 heteroatoms. The summed E-state index contributed by atoms with van der Waals surface area (Å²) >= 11 is 0. The Morgan fingerprint density at radius 1 is 1.25 bits per heavy atom. The number of nitrogens with one attached hydrogen (secondary N) is 1. The number of nitrogens with zero attached hydrogens (tertiary/aromatic N) is 1. The molecule has 1 fully saturated rings. The topological polar surface area (TPSA) is 24.5 Å². The van der Waals surface area contributed by atoms with Crippen LogP contribution in [0.3, 0.4) is 0 Å². The molecule has 1 aliphatic rings. The van der Waals surface area contributed by atoms with Gasteiger partial charge in [0, 0.05) is 19.6 Å². The van der Waals surface area contributed by atoms with E-state index in [2.05, 4.69) is 43.1 Å².